The second kappa shape index (κ2) is 4.19. The van der Waals surface area contributed by atoms with Crippen LogP contribution in [0.5, 0.6) is 0 Å². The van der Waals surface area contributed by atoms with E-state index in [4.69, 9.17) is 9.47 Å². The van der Waals surface area contributed by atoms with Crippen molar-refractivity contribution >= 4 is 5.97 Å². The van der Waals surface area contributed by atoms with Crippen LogP contribution in [0.4, 0.5) is 0 Å². The Kier molecular flexibility index (Phi) is 2.91. The molecule has 3 heteroatoms. The number of allylic oxidation sites excluding steroid dienone is 1. The van der Waals surface area contributed by atoms with E-state index in [-0.39, 0.29) is 5.97 Å². The topological polar surface area (TPSA) is 35.5 Å². The van der Waals surface area contributed by atoms with E-state index in [1.807, 2.05) is 6.08 Å². The van der Waals surface area contributed by atoms with E-state index in [2.05, 4.69) is 6.58 Å². The van der Waals surface area contributed by atoms with Crippen molar-refractivity contribution in [2.75, 3.05) is 20.3 Å². The Labute approximate surface area is 89.8 Å². The van der Waals surface area contributed by atoms with Crippen LogP contribution < -0.4 is 0 Å². The number of carbonyl (C=O) groups excluding carboxylic acids is 1. The minimum atomic E-state index is -0.225. The summed E-state index contributed by atoms with van der Waals surface area (Å²) in [6.07, 6.45) is 3.52. The van der Waals surface area contributed by atoms with Gasteiger partial charge >= 0.3 is 5.97 Å². The molecule has 2 unspecified atom stereocenters. The molecule has 15 heavy (non-hydrogen) atoms. The van der Waals surface area contributed by atoms with Gasteiger partial charge in [0.25, 0.3) is 0 Å². The van der Waals surface area contributed by atoms with Crippen molar-refractivity contribution in [2.24, 2.45) is 11.8 Å². The molecule has 0 aromatic rings. The molecule has 1 heterocycles. The van der Waals surface area contributed by atoms with E-state index in [9.17, 15) is 4.79 Å². The van der Waals surface area contributed by atoms with Crippen LogP contribution in [-0.4, -0.2) is 26.3 Å². The molecule has 82 valence electrons. The molecule has 2 rings (SSSR count). The van der Waals surface area contributed by atoms with Crippen molar-refractivity contribution in [3.05, 3.63) is 23.8 Å². The van der Waals surface area contributed by atoms with Crippen LogP contribution in [0.1, 0.15) is 12.8 Å². The van der Waals surface area contributed by atoms with Crippen molar-refractivity contribution in [1.82, 2.24) is 0 Å². The summed E-state index contributed by atoms with van der Waals surface area (Å²) in [4.78, 5) is 11.4. The van der Waals surface area contributed by atoms with Gasteiger partial charge in [0.1, 0.15) is 0 Å². The second-order valence-electron chi connectivity index (χ2n) is 4.20. The van der Waals surface area contributed by atoms with Crippen molar-refractivity contribution in [2.45, 2.75) is 12.8 Å². The average molecular weight is 208 g/mol. The Morgan fingerprint density at radius 3 is 3.13 bits per heavy atom. The Morgan fingerprint density at radius 1 is 1.60 bits per heavy atom. The molecule has 0 N–H and O–H groups in total. The fraction of sp³-hybridized carbons (Fsp3) is 0.583. The summed E-state index contributed by atoms with van der Waals surface area (Å²) in [5.41, 5.74) is 1.85. The van der Waals surface area contributed by atoms with E-state index in [0.29, 0.717) is 18.3 Å². The van der Waals surface area contributed by atoms with Gasteiger partial charge in [0.15, 0.2) is 0 Å². The smallest absolute Gasteiger partial charge is 0.333 e. The number of esters is 1. The minimum Gasteiger partial charge on any atom is -0.466 e. The van der Waals surface area contributed by atoms with Gasteiger partial charge in [-0.2, -0.15) is 0 Å². The summed E-state index contributed by atoms with van der Waals surface area (Å²) in [5, 5.41) is 0. The van der Waals surface area contributed by atoms with E-state index in [1.165, 1.54) is 7.11 Å². The predicted molar refractivity (Wildman–Crippen MR) is 56.3 cm³/mol. The monoisotopic (exact) mass is 208 g/mol. The van der Waals surface area contributed by atoms with E-state index >= 15 is 0 Å². The van der Waals surface area contributed by atoms with Crippen LogP contribution >= 0.6 is 0 Å². The highest BCUT2D eigenvalue weighted by atomic mass is 16.5. The van der Waals surface area contributed by atoms with Gasteiger partial charge in [-0.25, -0.2) is 4.79 Å². The van der Waals surface area contributed by atoms with Gasteiger partial charge in [0, 0.05) is 17.9 Å². The molecule has 0 aromatic heterocycles. The zero-order valence-electron chi connectivity index (χ0n) is 8.99. The largest absolute Gasteiger partial charge is 0.466 e. The molecule has 1 aliphatic heterocycles. The number of hydrogen-bond donors (Lipinski definition) is 0. The first kappa shape index (κ1) is 10.4. The van der Waals surface area contributed by atoms with E-state index in [1.54, 1.807) is 0 Å². The Morgan fingerprint density at radius 2 is 2.40 bits per heavy atom. The lowest BCUT2D eigenvalue weighted by Gasteiger charge is -2.15. The number of carbonyl (C=O) groups is 1. The molecule has 1 saturated heterocycles. The molecule has 1 fully saturated rings. The molecule has 0 radical (unpaired) electrons. The standard InChI is InChI=1S/C12H16O3/c1-8-5-9(12(13)14-2)3-4-10-6-15-7-11(8)10/h3,10-11H,1,4-7H2,2H3. The number of methoxy groups -OCH3 is 1. The third-order valence-electron chi connectivity index (χ3n) is 3.25. The zero-order valence-corrected chi connectivity index (χ0v) is 8.99. The SMILES string of the molecule is C=C1CC(C(=O)OC)=CCC2COCC12. The molecule has 2 aliphatic rings. The summed E-state index contributed by atoms with van der Waals surface area (Å²) in [6, 6.07) is 0. The average Bonchev–Trinajstić information content (AvgIpc) is 2.65. The fourth-order valence-corrected chi connectivity index (χ4v) is 2.31. The highest BCUT2D eigenvalue weighted by molar-refractivity contribution is 5.88. The van der Waals surface area contributed by atoms with E-state index < -0.39 is 0 Å². The number of hydrogen-bond acceptors (Lipinski definition) is 3. The fourth-order valence-electron chi connectivity index (χ4n) is 2.31. The van der Waals surface area contributed by atoms with Gasteiger partial charge in [0.05, 0.1) is 20.3 Å². The van der Waals surface area contributed by atoms with Gasteiger partial charge in [-0.05, 0) is 12.3 Å². The van der Waals surface area contributed by atoms with Crippen LogP contribution in [0.25, 0.3) is 0 Å². The summed E-state index contributed by atoms with van der Waals surface area (Å²) in [6.45, 7) is 5.60. The molecular formula is C12H16O3. The lowest BCUT2D eigenvalue weighted by atomic mass is 9.88. The number of ether oxygens (including phenoxy) is 2. The van der Waals surface area contributed by atoms with Gasteiger partial charge in [0.2, 0.25) is 0 Å². The van der Waals surface area contributed by atoms with Crippen LogP contribution in [0.15, 0.2) is 23.8 Å². The molecule has 3 nitrogen and oxygen atoms in total. The van der Waals surface area contributed by atoms with Crippen LogP contribution in [0.3, 0.4) is 0 Å². The van der Waals surface area contributed by atoms with Crippen LogP contribution in [0, 0.1) is 11.8 Å². The summed E-state index contributed by atoms with van der Waals surface area (Å²) >= 11 is 0. The summed E-state index contributed by atoms with van der Waals surface area (Å²) < 4.78 is 10.2. The summed E-state index contributed by atoms with van der Waals surface area (Å²) in [5.74, 6) is 0.695. The Balaban J connectivity index is 2.15. The quantitative estimate of drug-likeness (QED) is 0.486. The maximum absolute atomic E-state index is 11.4. The van der Waals surface area contributed by atoms with Crippen LogP contribution in [0.2, 0.25) is 0 Å². The second-order valence-corrected chi connectivity index (χ2v) is 4.20. The molecule has 0 aromatic carbocycles. The van der Waals surface area contributed by atoms with Crippen molar-refractivity contribution in [3.8, 4) is 0 Å². The molecule has 2 atom stereocenters. The molecule has 0 amide bonds. The third-order valence-corrected chi connectivity index (χ3v) is 3.25. The highest BCUT2D eigenvalue weighted by Crippen LogP contribution is 2.36. The van der Waals surface area contributed by atoms with Gasteiger partial charge in [-0.3, -0.25) is 0 Å². The van der Waals surface area contributed by atoms with E-state index in [0.717, 1.165) is 30.8 Å². The Hall–Kier alpha value is -1.09. The number of fused-ring (bicyclic) bond motifs is 1. The van der Waals surface area contributed by atoms with Gasteiger partial charge in [-0.1, -0.05) is 18.2 Å². The zero-order chi connectivity index (χ0) is 10.8. The van der Waals surface area contributed by atoms with Crippen molar-refractivity contribution < 1.29 is 14.3 Å². The van der Waals surface area contributed by atoms with Gasteiger partial charge < -0.3 is 9.47 Å². The first-order chi connectivity index (χ1) is 7.22. The molecule has 0 spiro atoms. The highest BCUT2D eigenvalue weighted by Gasteiger charge is 2.32. The minimum absolute atomic E-state index is 0.225. The number of rotatable bonds is 1. The lowest BCUT2D eigenvalue weighted by Crippen LogP contribution is -2.12. The van der Waals surface area contributed by atoms with Crippen molar-refractivity contribution in [1.29, 1.82) is 0 Å². The maximum Gasteiger partial charge on any atom is 0.333 e. The molecule has 0 bridgehead atoms. The third kappa shape index (κ3) is 1.97. The lowest BCUT2D eigenvalue weighted by molar-refractivity contribution is -0.136. The molecule has 0 saturated carbocycles. The predicted octanol–water partition coefficient (Wildman–Crippen LogP) is 1.70. The summed E-state index contributed by atoms with van der Waals surface area (Å²) in [7, 11) is 1.42. The molecular weight excluding hydrogens is 192 g/mol. The first-order valence-electron chi connectivity index (χ1n) is 5.25. The van der Waals surface area contributed by atoms with Gasteiger partial charge in [-0.15, -0.1) is 0 Å². The molecule has 1 aliphatic carbocycles. The van der Waals surface area contributed by atoms with Crippen molar-refractivity contribution in [3.63, 3.8) is 0 Å². The van der Waals surface area contributed by atoms with Crippen LogP contribution in [-0.2, 0) is 14.3 Å². The first-order valence-corrected chi connectivity index (χ1v) is 5.25. The Bertz CT molecular complexity index is 317. The maximum atomic E-state index is 11.4. The normalized spacial score (nSPS) is 30.5.